The first kappa shape index (κ1) is 14.8. The van der Waals surface area contributed by atoms with Gasteiger partial charge in [0.15, 0.2) is 0 Å². The van der Waals surface area contributed by atoms with Crippen molar-refractivity contribution in [3.63, 3.8) is 0 Å². The van der Waals surface area contributed by atoms with Gasteiger partial charge in [-0.3, -0.25) is 4.99 Å². The van der Waals surface area contributed by atoms with Gasteiger partial charge in [0.1, 0.15) is 5.70 Å². The van der Waals surface area contributed by atoms with Crippen molar-refractivity contribution in [2.45, 2.75) is 45.4 Å². The van der Waals surface area contributed by atoms with E-state index in [1.54, 1.807) is 13.1 Å². The molecule has 1 aromatic carbocycles. The Bertz CT molecular complexity index is 627. The van der Waals surface area contributed by atoms with Crippen LogP contribution < -0.4 is 5.73 Å². The van der Waals surface area contributed by atoms with Gasteiger partial charge in [-0.2, -0.15) is 0 Å². The van der Waals surface area contributed by atoms with Gasteiger partial charge in [-0.05, 0) is 73.8 Å². The van der Waals surface area contributed by atoms with E-state index >= 15 is 0 Å². The van der Waals surface area contributed by atoms with E-state index in [2.05, 4.69) is 11.1 Å². The number of aliphatic imine (C=N–C) groups is 1. The number of carbonyl (C=O) groups is 1. The highest BCUT2D eigenvalue weighted by Crippen LogP contribution is 2.40. The number of nitrogens with two attached hydrogens (primary N) is 1. The second-order valence-corrected chi connectivity index (χ2v) is 5.83. The molecule has 0 bridgehead atoms. The molecule has 0 fully saturated rings. The number of allylic oxidation sites excluding steroid dienone is 1. The van der Waals surface area contributed by atoms with E-state index in [0.29, 0.717) is 6.61 Å². The van der Waals surface area contributed by atoms with Crippen molar-refractivity contribution in [2.75, 3.05) is 6.61 Å². The van der Waals surface area contributed by atoms with Crippen LogP contribution in [-0.4, -0.2) is 18.8 Å². The summed E-state index contributed by atoms with van der Waals surface area (Å²) in [7, 11) is 0. The number of nitrogens with zero attached hydrogens (tertiary/aromatic N) is 1. The van der Waals surface area contributed by atoms with E-state index in [-0.39, 0.29) is 5.70 Å². The zero-order chi connectivity index (χ0) is 15.5. The molecule has 22 heavy (non-hydrogen) atoms. The van der Waals surface area contributed by atoms with Crippen LogP contribution in [0.25, 0.3) is 0 Å². The van der Waals surface area contributed by atoms with Gasteiger partial charge in [-0.1, -0.05) is 6.07 Å². The van der Waals surface area contributed by atoms with E-state index < -0.39 is 5.97 Å². The van der Waals surface area contributed by atoms with Crippen LogP contribution in [0, 0.1) is 0 Å². The molecule has 2 aliphatic carbocycles. The van der Waals surface area contributed by atoms with Crippen LogP contribution in [0.4, 0.5) is 5.69 Å². The van der Waals surface area contributed by atoms with Gasteiger partial charge >= 0.3 is 5.97 Å². The van der Waals surface area contributed by atoms with Gasteiger partial charge in [0.05, 0.1) is 12.3 Å². The Morgan fingerprint density at radius 2 is 1.86 bits per heavy atom. The molecule has 116 valence electrons. The monoisotopic (exact) mass is 298 g/mol. The van der Waals surface area contributed by atoms with E-state index in [4.69, 9.17) is 10.5 Å². The molecule has 0 saturated carbocycles. The highest BCUT2D eigenvalue weighted by molar-refractivity contribution is 5.93. The average molecular weight is 298 g/mol. The SMILES string of the molecule is CCOC(=O)C(N)=CC=Nc1c2c(cc3c1CCC3)CCC2. The van der Waals surface area contributed by atoms with Gasteiger partial charge in [0.2, 0.25) is 0 Å². The minimum Gasteiger partial charge on any atom is -0.461 e. The first-order chi connectivity index (χ1) is 10.7. The lowest BCUT2D eigenvalue weighted by molar-refractivity contribution is -0.138. The fraction of sp³-hybridized carbons (Fsp3) is 0.444. The zero-order valence-corrected chi connectivity index (χ0v) is 13.0. The maximum absolute atomic E-state index is 11.5. The van der Waals surface area contributed by atoms with Gasteiger partial charge in [0, 0.05) is 6.21 Å². The van der Waals surface area contributed by atoms with Crippen molar-refractivity contribution < 1.29 is 9.53 Å². The highest BCUT2D eigenvalue weighted by Gasteiger charge is 2.23. The van der Waals surface area contributed by atoms with E-state index in [0.717, 1.165) is 31.4 Å². The Labute approximate surface area is 131 Å². The number of rotatable bonds is 4. The molecule has 0 spiro atoms. The minimum absolute atomic E-state index is 0.0924. The van der Waals surface area contributed by atoms with Crippen LogP contribution in [0.1, 0.15) is 42.0 Å². The molecule has 0 heterocycles. The fourth-order valence-electron chi connectivity index (χ4n) is 3.42. The summed E-state index contributed by atoms with van der Waals surface area (Å²) in [5.74, 6) is -0.488. The average Bonchev–Trinajstić information content (AvgIpc) is 3.14. The number of fused-ring (bicyclic) bond motifs is 2. The lowest BCUT2D eigenvalue weighted by atomic mass is 9.99. The Morgan fingerprint density at radius 1 is 1.23 bits per heavy atom. The number of carbonyl (C=O) groups excluding carboxylic acids is 1. The van der Waals surface area contributed by atoms with Crippen LogP contribution in [-0.2, 0) is 35.2 Å². The molecule has 0 amide bonds. The zero-order valence-electron chi connectivity index (χ0n) is 13.0. The smallest absolute Gasteiger partial charge is 0.354 e. The summed E-state index contributed by atoms with van der Waals surface area (Å²) < 4.78 is 4.86. The maximum Gasteiger partial charge on any atom is 0.354 e. The maximum atomic E-state index is 11.5. The topological polar surface area (TPSA) is 64.7 Å². The standard InChI is InChI=1S/C18H22N2O2/c1-2-22-18(21)16(19)9-10-20-17-14-7-3-5-12(14)11-13-6-4-8-15(13)17/h9-11H,2-8,19H2,1H3. The van der Waals surface area contributed by atoms with Crippen molar-refractivity contribution in [3.8, 4) is 0 Å². The molecule has 1 aromatic rings. The van der Waals surface area contributed by atoms with Crippen molar-refractivity contribution in [2.24, 2.45) is 10.7 Å². The second kappa shape index (κ2) is 6.34. The Kier molecular flexibility index (Phi) is 4.27. The summed E-state index contributed by atoms with van der Waals surface area (Å²) in [5, 5.41) is 0. The largest absolute Gasteiger partial charge is 0.461 e. The van der Waals surface area contributed by atoms with Crippen LogP contribution in [0.15, 0.2) is 22.8 Å². The molecule has 4 nitrogen and oxygen atoms in total. The first-order valence-electron chi connectivity index (χ1n) is 8.04. The summed E-state index contributed by atoms with van der Waals surface area (Å²) in [4.78, 5) is 16.1. The van der Waals surface area contributed by atoms with Crippen molar-refractivity contribution >= 4 is 17.9 Å². The number of hydrogen-bond acceptors (Lipinski definition) is 4. The van der Waals surface area contributed by atoms with Gasteiger partial charge < -0.3 is 10.5 Å². The van der Waals surface area contributed by atoms with Crippen molar-refractivity contribution in [1.29, 1.82) is 0 Å². The van der Waals surface area contributed by atoms with Crippen LogP contribution in [0.3, 0.4) is 0 Å². The van der Waals surface area contributed by atoms with Crippen molar-refractivity contribution in [1.82, 2.24) is 0 Å². The summed E-state index contributed by atoms with van der Waals surface area (Å²) >= 11 is 0. The molecule has 0 radical (unpaired) electrons. The van der Waals surface area contributed by atoms with Crippen molar-refractivity contribution in [3.05, 3.63) is 40.1 Å². The summed E-state index contributed by atoms with van der Waals surface area (Å²) in [6.07, 6.45) is 10.1. The van der Waals surface area contributed by atoms with Crippen LogP contribution in [0.5, 0.6) is 0 Å². The number of esters is 1. The van der Waals surface area contributed by atoms with Gasteiger partial charge in [-0.25, -0.2) is 4.79 Å². The third-order valence-electron chi connectivity index (χ3n) is 4.41. The molecule has 4 heteroatoms. The molecule has 0 unspecified atom stereocenters. The lowest BCUT2D eigenvalue weighted by Gasteiger charge is -2.10. The molecule has 0 saturated heterocycles. The quantitative estimate of drug-likeness (QED) is 0.528. The number of ether oxygens (including phenoxy) is 1. The summed E-state index contributed by atoms with van der Waals surface area (Å²) in [5.41, 5.74) is 12.6. The molecule has 2 N–H and O–H groups in total. The van der Waals surface area contributed by atoms with Gasteiger partial charge in [-0.15, -0.1) is 0 Å². The Balaban J connectivity index is 1.88. The molecule has 0 aliphatic heterocycles. The lowest BCUT2D eigenvalue weighted by Crippen LogP contribution is -2.14. The predicted molar refractivity (Wildman–Crippen MR) is 87.5 cm³/mol. The molecule has 3 rings (SSSR count). The molecule has 0 aromatic heterocycles. The molecular weight excluding hydrogens is 276 g/mol. The summed E-state index contributed by atoms with van der Waals surface area (Å²) in [6, 6.07) is 2.38. The molecular formula is C18H22N2O2. The van der Waals surface area contributed by atoms with E-state index in [1.165, 1.54) is 41.2 Å². The fourth-order valence-corrected chi connectivity index (χ4v) is 3.42. The number of benzene rings is 1. The summed E-state index contributed by atoms with van der Waals surface area (Å²) in [6.45, 7) is 2.08. The Hall–Kier alpha value is -2.10. The van der Waals surface area contributed by atoms with Crippen LogP contribution >= 0.6 is 0 Å². The van der Waals surface area contributed by atoms with E-state index in [1.807, 2.05) is 0 Å². The Morgan fingerprint density at radius 3 is 2.45 bits per heavy atom. The predicted octanol–water partition coefficient (Wildman–Crippen LogP) is 2.77. The number of aryl methyl sites for hydroxylation is 2. The molecule has 2 aliphatic rings. The highest BCUT2D eigenvalue weighted by atomic mass is 16.5. The minimum atomic E-state index is -0.488. The third-order valence-corrected chi connectivity index (χ3v) is 4.41. The normalized spacial score (nSPS) is 16.9. The third kappa shape index (κ3) is 2.78. The van der Waals surface area contributed by atoms with Gasteiger partial charge in [0.25, 0.3) is 0 Å². The van der Waals surface area contributed by atoms with E-state index in [9.17, 15) is 4.79 Å². The number of hydrogen-bond donors (Lipinski definition) is 1. The second-order valence-electron chi connectivity index (χ2n) is 5.83. The first-order valence-corrected chi connectivity index (χ1v) is 8.04. The molecule has 0 atom stereocenters. The van der Waals surface area contributed by atoms with Crippen LogP contribution in [0.2, 0.25) is 0 Å².